The molecule has 0 bridgehead atoms. The molecule has 0 aliphatic carbocycles. The molecule has 15 heavy (non-hydrogen) atoms. The summed E-state index contributed by atoms with van der Waals surface area (Å²) in [6, 6.07) is 0. The Bertz CT molecular complexity index is 203. The average Bonchev–Trinajstić information content (AvgIpc) is 2.23. The highest BCUT2D eigenvalue weighted by Crippen LogP contribution is 2.19. The summed E-state index contributed by atoms with van der Waals surface area (Å²) in [5.41, 5.74) is -1.10. The van der Waals surface area contributed by atoms with Crippen LogP contribution in [0.3, 0.4) is 0 Å². The van der Waals surface area contributed by atoms with Gasteiger partial charge in [0.1, 0.15) is 0 Å². The highest BCUT2D eigenvalue weighted by Gasteiger charge is 2.36. The zero-order valence-electron chi connectivity index (χ0n) is 10.0. The van der Waals surface area contributed by atoms with Crippen LogP contribution in [0.5, 0.6) is 0 Å². The first kappa shape index (κ1) is 14.3. The Balaban J connectivity index is 4.75. The Hall–Kier alpha value is -0.650. The minimum atomic E-state index is -1.10. The second-order valence-electron chi connectivity index (χ2n) is 4.15. The van der Waals surface area contributed by atoms with Gasteiger partial charge < -0.3 is 10.2 Å². The number of aliphatic hydroxyl groups excluding tert-OH is 2. The fourth-order valence-electron chi connectivity index (χ4n) is 1.19. The predicted octanol–water partition coefficient (Wildman–Crippen LogP) is -0.307. The number of amides is 1. The third kappa shape index (κ3) is 3.44. The van der Waals surface area contributed by atoms with Crippen LogP contribution in [0.15, 0.2) is 0 Å². The van der Waals surface area contributed by atoms with Crippen molar-refractivity contribution in [2.24, 2.45) is 5.41 Å². The molecule has 0 aliphatic rings. The largest absolute Gasteiger partial charge is 0.395 e. The summed E-state index contributed by atoms with van der Waals surface area (Å²) in [6.45, 7) is 3.41. The summed E-state index contributed by atoms with van der Waals surface area (Å²) in [6.07, 6.45) is 0.830. The van der Waals surface area contributed by atoms with Crippen molar-refractivity contribution in [2.75, 3.05) is 33.9 Å². The van der Waals surface area contributed by atoms with Crippen molar-refractivity contribution in [2.45, 2.75) is 20.3 Å². The normalized spacial score (nSPS) is 11.9. The lowest BCUT2D eigenvalue weighted by molar-refractivity contribution is -0.160. The number of carbonyl (C=O) groups is 1. The Kier molecular flexibility index (Phi) is 5.79. The van der Waals surface area contributed by atoms with Crippen molar-refractivity contribution in [3.8, 4) is 0 Å². The van der Waals surface area contributed by atoms with Crippen molar-refractivity contribution in [3.63, 3.8) is 0 Å². The molecule has 1 amide bonds. The third-order valence-electron chi connectivity index (χ3n) is 2.37. The van der Waals surface area contributed by atoms with Gasteiger partial charge >= 0.3 is 0 Å². The van der Waals surface area contributed by atoms with E-state index in [1.54, 1.807) is 26.0 Å². The number of hydrazine groups is 1. The highest BCUT2D eigenvalue weighted by molar-refractivity contribution is 5.82. The maximum absolute atomic E-state index is 12.0. The van der Waals surface area contributed by atoms with Crippen LogP contribution in [-0.2, 0) is 4.79 Å². The molecule has 0 rings (SSSR count). The molecule has 0 atom stereocenters. The Morgan fingerprint density at radius 1 is 1.27 bits per heavy atom. The van der Waals surface area contributed by atoms with E-state index in [1.165, 1.54) is 5.01 Å². The number of aliphatic hydroxyl groups is 2. The summed E-state index contributed by atoms with van der Waals surface area (Å²) >= 11 is 0. The maximum atomic E-state index is 12.0. The van der Waals surface area contributed by atoms with Crippen LogP contribution < -0.4 is 0 Å². The molecule has 0 aromatic heterocycles. The van der Waals surface area contributed by atoms with Crippen LogP contribution in [0.25, 0.3) is 0 Å². The number of rotatable bonds is 6. The van der Waals surface area contributed by atoms with Crippen molar-refractivity contribution in [1.82, 2.24) is 10.0 Å². The Morgan fingerprint density at radius 2 is 1.73 bits per heavy atom. The first-order chi connectivity index (χ1) is 6.92. The molecule has 0 unspecified atom stereocenters. The molecule has 0 aromatic carbocycles. The molecule has 0 radical (unpaired) electrons. The van der Waals surface area contributed by atoms with Crippen molar-refractivity contribution < 1.29 is 15.0 Å². The minimum Gasteiger partial charge on any atom is -0.395 e. The highest BCUT2D eigenvalue weighted by atomic mass is 16.3. The van der Waals surface area contributed by atoms with Crippen molar-refractivity contribution in [3.05, 3.63) is 0 Å². The van der Waals surface area contributed by atoms with E-state index in [-0.39, 0.29) is 19.1 Å². The van der Waals surface area contributed by atoms with Gasteiger partial charge in [-0.25, -0.2) is 5.01 Å². The van der Waals surface area contributed by atoms with E-state index in [0.717, 1.165) is 6.42 Å². The quantitative estimate of drug-likeness (QED) is 0.600. The van der Waals surface area contributed by atoms with Gasteiger partial charge in [0.15, 0.2) is 0 Å². The summed E-state index contributed by atoms with van der Waals surface area (Å²) in [5, 5.41) is 21.5. The monoisotopic (exact) mass is 218 g/mol. The summed E-state index contributed by atoms with van der Waals surface area (Å²) in [4.78, 5) is 12.0. The lowest BCUT2D eigenvalue weighted by Crippen LogP contribution is -2.52. The van der Waals surface area contributed by atoms with Crippen LogP contribution in [0, 0.1) is 5.41 Å². The van der Waals surface area contributed by atoms with Gasteiger partial charge in [0.25, 0.3) is 0 Å². The second kappa shape index (κ2) is 6.05. The molecule has 0 aromatic rings. The van der Waals surface area contributed by atoms with Crippen molar-refractivity contribution >= 4 is 5.91 Å². The zero-order valence-corrected chi connectivity index (χ0v) is 10.0. The van der Waals surface area contributed by atoms with Gasteiger partial charge in [-0.1, -0.05) is 6.92 Å². The van der Waals surface area contributed by atoms with Gasteiger partial charge in [-0.05, 0) is 13.3 Å². The first-order valence-corrected chi connectivity index (χ1v) is 5.14. The molecule has 0 spiro atoms. The van der Waals surface area contributed by atoms with Gasteiger partial charge in [-0.3, -0.25) is 9.80 Å². The van der Waals surface area contributed by atoms with Gasteiger partial charge in [0.2, 0.25) is 5.91 Å². The topological polar surface area (TPSA) is 64.0 Å². The molecule has 90 valence electrons. The van der Waals surface area contributed by atoms with Crippen molar-refractivity contribution in [1.29, 1.82) is 0 Å². The van der Waals surface area contributed by atoms with Crippen LogP contribution in [0.4, 0.5) is 0 Å². The van der Waals surface area contributed by atoms with E-state index in [9.17, 15) is 4.79 Å². The second-order valence-corrected chi connectivity index (χ2v) is 4.15. The molecule has 0 saturated heterocycles. The van der Waals surface area contributed by atoms with Crippen LogP contribution in [0.2, 0.25) is 0 Å². The fourth-order valence-corrected chi connectivity index (χ4v) is 1.19. The molecule has 2 N–H and O–H groups in total. The molecule has 0 heterocycles. The molecule has 5 nitrogen and oxygen atoms in total. The van der Waals surface area contributed by atoms with Gasteiger partial charge in [-0.15, -0.1) is 0 Å². The predicted molar refractivity (Wildman–Crippen MR) is 58.0 cm³/mol. The summed E-state index contributed by atoms with van der Waals surface area (Å²) in [5.74, 6) is -0.251. The lowest BCUT2D eigenvalue weighted by atomic mass is 9.91. The standard InChI is InChI=1S/C10H22N2O3/c1-5-6-12(11(3)4)9(15)10(2,7-13)8-14/h13-14H,5-8H2,1-4H3. The molecule has 5 heteroatoms. The van der Waals surface area contributed by atoms with Crippen LogP contribution in [0.1, 0.15) is 20.3 Å². The van der Waals surface area contributed by atoms with Crippen LogP contribution >= 0.6 is 0 Å². The van der Waals surface area contributed by atoms with E-state index < -0.39 is 5.41 Å². The number of nitrogens with zero attached hydrogens (tertiary/aromatic N) is 2. The van der Waals surface area contributed by atoms with E-state index in [0.29, 0.717) is 6.54 Å². The lowest BCUT2D eigenvalue weighted by Gasteiger charge is -2.35. The first-order valence-electron chi connectivity index (χ1n) is 5.14. The van der Waals surface area contributed by atoms with Gasteiger partial charge in [0, 0.05) is 20.6 Å². The minimum absolute atomic E-state index is 0.251. The van der Waals surface area contributed by atoms with E-state index in [4.69, 9.17) is 10.2 Å². The van der Waals surface area contributed by atoms with E-state index in [2.05, 4.69) is 0 Å². The Morgan fingerprint density at radius 3 is 2.00 bits per heavy atom. The smallest absolute Gasteiger partial charge is 0.247 e. The molecule has 0 saturated carbocycles. The Labute approximate surface area is 91.3 Å². The summed E-state index contributed by atoms with van der Waals surface area (Å²) in [7, 11) is 3.53. The summed E-state index contributed by atoms with van der Waals surface area (Å²) < 4.78 is 0. The molecular formula is C10H22N2O3. The zero-order chi connectivity index (χ0) is 12.1. The number of carbonyl (C=O) groups excluding carboxylic acids is 1. The fraction of sp³-hybridized carbons (Fsp3) is 0.900. The third-order valence-corrected chi connectivity index (χ3v) is 2.37. The molecule has 0 aliphatic heterocycles. The van der Waals surface area contributed by atoms with Crippen LogP contribution in [-0.4, -0.2) is 60.0 Å². The molecule has 0 fully saturated rings. The maximum Gasteiger partial charge on any atom is 0.247 e. The molecular weight excluding hydrogens is 196 g/mol. The van der Waals surface area contributed by atoms with E-state index >= 15 is 0 Å². The van der Waals surface area contributed by atoms with Gasteiger partial charge in [-0.2, -0.15) is 0 Å². The number of hydrogen-bond donors (Lipinski definition) is 2. The van der Waals surface area contributed by atoms with E-state index in [1.807, 2.05) is 6.92 Å². The van der Waals surface area contributed by atoms with Gasteiger partial charge in [0.05, 0.1) is 18.6 Å². The average molecular weight is 218 g/mol. The SMILES string of the molecule is CCCN(C(=O)C(C)(CO)CO)N(C)C. The number of hydrogen-bond acceptors (Lipinski definition) is 4.